The first-order valence-corrected chi connectivity index (χ1v) is 4.27. The monoisotopic (exact) mass is 169 g/mol. The third-order valence-electron chi connectivity index (χ3n) is 1.75. The lowest BCUT2D eigenvalue weighted by Crippen LogP contribution is -2.34. The van der Waals surface area contributed by atoms with E-state index in [1.54, 1.807) is 11.3 Å². The van der Waals surface area contributed by atoms with Crippen molar-refractivity contribution in [1.29, 1.82) is 0 Å². The van der Waals surface area contributed by atoms with Gasteiger partial charge in [0.2, 0.25) is 5.91 Å². The van der Waals surface area contributed by atoms with Crippen molar-refractivity contribution >= 4 is 17.2 Å². The van der Waals surface area contributed by atoms with Crippen LogP contribution >= 0.6 is 11.3 Å². The van der Waals surface area contributed by atoms with Gasteiger partial charge in [-0.2, -0.15) is 0 Å². The molecule has 2 N–H and O–H groups in total. The molecule has 0 aliphatic heterocycles. The molecule has 3 heteroatoms. The van der Waals surface area contributed by atoms with Gasteiger partial charge in [-0.1, -0.05) is 6.07 Å². The van der Waals surface area contributed by atoms with Crippen LogP contribution in [0.1, 0.15) is 18.7 Å². The van der Waals surface area contributed by atoms with E-state index in [9.17, 15) is 4.79 Å². The zero-order chi connectivity index (χ0) is 8.48. The van der Waals surface area contributed by atoms with Crippen LogP contribution < -0.4 is 5.73 Å². The predicted octanol–water partition coefficient (Wildman–Crippen LogP) is 1.51. The Hall–Kier alpha value is -0.830. The van der Waals surface area contributed by atoms with Gasteiger partial charge >= 0.3 is 0 Å². The lowest BCUT2D eigenvalue weighted by molar-refractivity contribution is -0.122. The molecule has 1 heterocycles. The topological polar surface area (TPSA) is 43.1 Å². The fourth-order valence-corrected chi connectivity index (χ4v) is 1.61. The normalized spacial score (nSPS) is 11.5. The summed E-state index contributed by atoms with van der Waals surface area (Å²) in [5.74, 6) is -0.278. The summed E-state index contributed by atoms with van der Waals surface area (Å²) >= 11 is 1.56. The summed E-state index contributed by atoms with van der Waals surface area (Å²) in [6.07, 6.45) is 0. The number of nitrogens with two attached hydrogens (primary N) is 1. The van der Waals surface area contributed by atoms with Crippen molar-refractivity contribution in [3.05, 3.63) is 22.4 Å². The SMILES string of the molecule is CC(C)(C(N)=O)c1cccs1. The largest absolute Gasteiger partial charge is 0.369 e. The molecule has 2 nitrogen and oxygen atoms in total. The van der Waals surface area contributed by atoms with Crippen molar-refractivity contribution in [2.75, 3.05) is 0 Å². The van der Waals surface area contributed by atoms with Crippen LogP contribution in [-0.4, -0.2) is 5.91 Å². The molecule has 0 fully saturated rings. The molecule has 0 aliphatic carbocycles. The number of rotatable bonds is 2. The van der Waals surface area contributed by atoms with Crippen molar-refractivity contribution in [2.24, 2.45) is 5.73 Å². The standard InChI is InChI=1S/C8H11NOS/c1-8(2,7(9)10)6-4-3-5-11-6/h3-5H,1-2H3,(H2,9,10). The highest BCUT2D eigenvalue weighted by Crippen LogP contribution is 2.26. The number of primary amides is 1. The first kappa shape index (κ1) is 8.27. The fourth-order valence-electron chi connectivity index (χ4n) is 0.756. The van der Waals surface area contributed by atoms with Gasteiger partial charge in [-0.05, 0) is 25.3 Å². The van der Waals surface area contributed by atoms with E-state index < -0.39 is 5.41 Å². The summed E-state index contributed by atoms with van der Waals surface area (Å²) in [6, 6.07) is 3.85. The average molecular weight is 169 g/mol. The minimum Gasteiger partial charge on any atom is -0.369 e. The van der Waals surface area contributed by atoms with Crippen LogP contribution in [0.5, 0.6) is 0 Å². The van der Waals surface area contributed by atoms with Gasteiger partial charge in [0.25, 0.3) is 0 Å². The summed E-state index contributed by atoms with van der Waals surface area (Å²) in [4.78, 5) is 12.0. The van der Waals surface area contributed by atoms with E-state index >= 15 is 0 Å². The highest BCUT2D eigenvalue weighted by Gasteiger charge is 2.27. The van der Waals surface area contributed by atoms with Crippen LogP contribution in [0.3, 0.4) is 0 Å². The van der Waals surface area contributed by atoms with Crippen LogP contribution in [0.2, 0.25) is 0 Å². The smallest absolute Gasteiger partial charge is 0.228 e. The Labute approximate surface area is 70.0 Å². The number of thiophene rings is 1. The van der Waals surface area contributed by atoms with Crippen LogP contribution in [0.15, 0.2) is 17.5 Å². The maximum atomic E-state index is 10.9. The summed E-state index contributed by atoms with van der Waals surface area (Å²) in [7, 11) is 0. The van der Waals surface area contributed by atoms with E-state index in [1.165, 1.54) is 0 Å². The summed E-state index contributed by atoms with van der Waals surface area (Å²) < 4.78 is 0. The number of carbonyl (C=O) groups is 1. The Bertz CT molecular complexity index is 251. The molecule has 0 saturated carbocycles. The Morgan fingerprint density at radius 1 is 1.64 bits per heavy atom. The molecule has 0 radical (unpaired) electrons. The fraction of sp³-hybridized carbons (Fsp3) is 0.375. The molecule has 0 saturated heterocycles. The molecule has 0 aliphatic rings. The Morgan fingerprint density at radius 3 is 2.64 bits per heavy atom. The maximum absolute atomic E-state index is 10.9. The summed E-state index contributed by atoms with van der Waals surface area (Å²) in [6.45, 7) is 3.67. The number of amides is 1. The zero-order valence-electron chi connectivity index (χ0n) is 6.63. The zero-order valence-corrected chi connectivity index (χ0v) is 7.44. The molecule has 0 unspecified atom stereocenters. The highest BCUT2D eigenvalue weighted by atomic mass is 32.1. The van der Waals surface area contributed by atoms with Crippen molar-refractivity contribution in [1.82, 2.24) is 0 Å². The van der Waals surface area contributed by atoms with Crippen LogP contribution in [-0.2, 0) is 10.2 Å². The van der Waals surface area contributed by atoms with Gasteiger partial charge in [0.05, 0.1) is 5.41 Å². The second kappa shape index (κ2) is 2.66. The van der Waals surface area contributed by atoms with Gasteiger partial charge in [0.15, 0.2) is 0 Å². The summed E-state index contributed by atoms with van der Waals surface area (Å²) in [5, 5.41) is 1.94. The molecule has 0 spiro atoms. The van der Waals surface area contributed by atoms with E-state index in [4.69, 9.17) is 5.73 Å². The van der Waals surface area contributed by atoms with Gasteiger partial charge < -0.3 is 5.73 Å². The van der Waals surface area contributed by atoms with Crippen LogP contribution in [0, 0.1) is 0 Å². The molecule has 11 heavy (non-hydrogen) atoms. The van der Waals surface area contributed by atoms with Crippen molar-refractivity contribution in [3.63, 3.8) is 0 Å². The molecular formula is C8H11NOS. The summed E-state index contributed by atoms with van der Waals surface area (Å²) in [5.41, 5.74) is 4.71. The number of hydrogen-bond donors (Lipinski definition) is 1. The Balaban J connectivity index is 3.00. The number of carbonyl (C=O) groups excluding carboxylic acids is 1. The molecule has 0 bridgehead atoms. The lowest BCUT2D eigenvalue weighted by Gasteiger charge is -2.17. The van der Waals surface area contributed by atoms with Crippen LogP contribution in [0.4, 0.5) is 0 Å². The highest BCUT2D eigenvalue weighted by molar-refractivity contribution is 7.10. The van der Waals surface area contributed by atoms with E-state index in [1.807, 2.05) is 31.4 Å². The van der Waals surface area contributed by atoms with Gasteiger partial charge in [-0.25, -0.2) is 0 Å². The molecule has 1 amide bonds. The molecule has 1 aromatic rings. The van der Waals surface area contributed by atoms with Crippen molar-refractivity contribution in [2.45, 2.75) is 19.3 Å². The van der Waals surface area contributed by atoms with E-state index in [0.717, 1.165) is 4.88 Å². The Morgan fingerprint density at radius 2 is 2.27 bits per heavy atom. The van der Waals surface area contributed by atoms with E-state index in [2.05, 4.69) is 0 Å². The van der Waals surface area contributed by atoms with Crippen molar-refractivity contribution in [3.8, 4) is 0 Å². The molecule has 1 aromatic heterocycles. The molecule has 60 valence electrons. The predicted molar refractivity (Wildman–Crippen MR) is 46.5 cm³/mol. The van der Waals surface area contributed by atoms with E-state index in [0.29, 0.717) is 0 Å². The van der Waals surface area contributed by atoms with Crippen molar-refractivity contribution < 1.29 is 4.79 Å². The van der Waals surface area contributed by atoms with E-state index in [-0.39, 0.29) is 5.91 Å². The average Bonchev–Trinajstić information content (AvgIpc) is 2.37. The van der Waals surface area contributed by atoms with Gasteiger partial charge in [-0.15, -0.1) is 11.3 Å². The molecule has 0 atom stereocenters. The molecule has 0 aromatic carbocycles. The lowest BCUT2D eigenvalue weighted by atomic mass is 9.91. The second-order valence-electron chi connectivity index (χ2n) is 2.97. The second-order valence-corrected chi connectivity index (χ2v) is 3.91. The third-order valence-corrected chi connectivity index (χ3v) is 2.95. The Kier molecular flexibility index (Phi) is 2.00. The minimum absolute atomic E-state index is 0.278. The quantitative estimate of drug-likeness (QED) is 0.716. The minimum atomic E-state index is -0.520. The molecular weight excluding hydrogens is 158 g/mol. The first-order chi connectivity index (χ1) is 5.05. The van der Waals surface area contributed by atoms with Gasteiger partial charge in [-0.3, -0.25) is 4.79 Å². The first-order valence-electron chi connectivity index (χ1n) is 3.39. The van der Waals surface area contributed by atoms with Gasteiger partial charge in [0.1, 0.15) is 0 Å². The van der Waals surface area contributed by atoms with Gasteiger partial charge in [0, 0.05) is 4.88 Å². The van der Waals surface area contributed by atoms with Crippen LogP contribution in [0.25, 0.3) is 0 Å². The number of hydrogen-bond acceptors (Lipinski definition) is 2. The molecule has 1 rings (SSSR count). The maximum Gasteiger partial charge on any atom is 0.228 e. The third kappa shape index (κ3) is 1.43.